The van der Waals surface area contributed by atoms with E-state index < -0.39 is 0 Å². The van der Waals surface area contributed by atoms with Crippen LogP contribution in [0.25, 0.3) is 5.69 Å². The van der Waals surface area contributed by atoms with Crippen LogP contribution < -0.4 is 5.32 Å². The van der Waals surface area contributed by atoms with Crippen LogP contribution >= 0.6 is 12.4 Å². The second-order valence-electron chi connectivity index (χ2n) is 6.60. The standard InChI is InChI=1S/C17H21N5O.ClH/c23-16(21-10-7-17(8-11-21)6-9-18-13-17)15-12-22(20-19-15)14-4-2-1-3-5-14;/h1-5,12,18H,6-11,13H2;1H. The number of aromatic nitrogens is 3. The molecule has 0 atom stereocenters. The van der Waals surface area contributed by atoms with Gasteiger partial charge in [-0.2, -0.15) is 0 Å². The van der Waals surface area contributed by atoms with E-state index in [0.717, 1.165) is 44.7 Å². The summed E-state index contributed by atoms with van der Waals surface area (Å²) in [5.74, 6) is -0.00649. The molecule has 1 amide bonds. The molecule has 1 spiro atoms. The van der Waals surface area contributed by atoms with Gasteiger partial charge in [-0.25, -0.2) is 4.68 Å². The third-order valence-electron chi connectivity index (χ3n) is 5.18. The molecule has 3 heterocycles. The molecule has 0 radical (unpaired) electrons. The number of amides is 1. The molecule has 2 aliphatic rings. The Morgan fingerprint density at radius 3 is 2.54 bits per heavy atom. The number of hydrogen-bond acceptors (Lipinski definition) is 4. The summed E-state index contributed by atoms with van der Waals surface area (Å²) >= 11 is 0. The fourth-order valence-electron chi connectivity index (χ4n) is 3.64. The highest BCUT2D eigenvalue weighted by Crippen LogP contribution is 2.37. The van der Waals surface area contributed by atoms with E-state index in [4.69, 9.17) is 0 Å². The number of benzene rings is 1. The zero-order valence-corrected chi connectivity index (χ0v) is 14.3. The van der Waals surface area contributed by atoms with Crippen LogP contribution in [-0.4, -0.2) is 52.0 Å². The molecule has 0 aliphatic carbocycles. The summed E-state index contributed by atoms with van der Waals surface area (Å²) < 4.78 is 1.65. The van der Waals surface area contributed by atoms with Gasteiger partial charge in [0, 0.05) is 19.6 Å². The van der Waals surface area contributed by atoms with E-state index in [-0.39, 0.29) is 18.3 Å². The molecule has 128 valence electrons. The Balaban J connectivity index is 0.00000169. The molecule has 0 saturated carbocycles. The molecule has 2 aliphatic heterocycles. The Hall–Kier alpha value is -1.92. The Bertz CT molecular complexity index is 686. The van der Waals surface area contributed by atoms with Crippen LogP contribution in [-0.2, 0) is 0 Å². The normalized spacial score (nSPS) is 19.2. The lowest BCUT2D eigenvalue weighted by Crippen LogP contribution is -2.44. The number of nitrogens with zero attached hydrogens (tertiary/aromatic N) is 4. The molecule has 7 heteroatoms. The number of para-hydroxylation sites is 1. The number of carbonyl (C=O) groups is 1. The number of rotatable bonds is 2. The van der Waals surface area contributed by atoms with Crippen LogP contribution in [0.2, 0.25) is 0 Å². The lowest BCUT2D eigenvalue weighted by atomic mass is 9.78. The van der Waals surface area contributed by atoms with Crippen molar-refractivity contribution in [1.29, 1.82) is 0 Å². The van der Waals surface area contributed by atoms with Crippen molar-refractivity contribution >= 4 is 18.3 Å². The number of halogens is 1. The first-order chi connectivity index (χ1) is 11.3. The van der Waals surface area contributed by atoms with Gasteiger partial charge in [0.1, 0.15) is 0 Å². The smallest absolute Gasteiger partial charge is 0.276 e. The van der Waals surface area contributed by atoms with Gasteiger partial charge in [-0.1, -0.05) is 23.4 Å². The molecule has 2 aromatic rings. The van der Waals surface area contributed by atoms with Crippen molar-refractivity contribution in [3.05, 3.63) is 42.2 Å². The third-order valence-corrected chi connectivity index (χ3v) is 5.18. The van der Waals surface area contributed by atoms with Gasteiger partial charge >= 0.3 is 0 Å². The summed E-state index contributed by atoms with van der Waals surface area (Å²) in [7, 11) is 0. The van der Waals surface area contributed by atoms with Gasteiger partial charge in [0.05, 0.1) is 11.9 Å². The van der Waals surface area contributed by atoms with E-state index in [1.165, 1.54) is 6.42 Å². The highest BCUT2D eigenvalue weighted by molar-refractivity contribution is 5.92. The number of likely N-dealkylation sites (tertiary alicyclic amines) is 1. The number of carbonyl (C=O) groups excluding carboxylic acids is 1. The molecule has 6 nitrogen and oxygen atoms in total. The molecule has 0 bridgehead atoms. The van der Waals surface area contributed by atoms with Crippen LogP contribution in [0.3, 0.4) is 0 Å². The SMILES string of the molecule is Cl.O=C(c1cn(-c2ccccc2)nn1)N1CCC2(CCNC2)CC1. The van der Waals surface area contributed by atoms with Crippen LogP contribution in [0.15, 0.2) is 36.5 Å². The van der Waals surface area contributed by atoms with Crippen molar-refractivity contribution < 1.29 is 4.79 Å². The number of nitrogens with one attached hydrogen (secondary N) is 1. The van der Waals surface area contributed by atoms with E-state index in [0.29, 0.717) is 11.1 Å². The van der Waals surface area contributed by atoms with Crippen molar-refractivity contribution in [3.8, 4) is 5.69 Å². The first kappa shape index (κ1) is 16.9. The summed E-state index contributed by atoms with van der Waals surface area (Å²) in [5, 5.41) is 11.6. The summed E-state index contributed by atoms with van der Waals surface area (Å²) in [6.45, 7) is 3.84. The first-order valence-corrected chi connectivity index (χ1v) is 8.24. The second kappa shape index (κ2) is 6.91. The molecule has 0 unspecified atom stereocenters. The predicted molar refractivity (Wildman–Crippen MR) is 93.7 cm³/mol. The van der Waals surface area contributed by atoms with Crippen molar-refractivity contribution in [2.75, 3.05) is 26.2 Å². The van der Waals surface area contributed by atoms with Gasteiger partial charge in [-0.15, -0.1) is 17.5 Å². The van der Waals surface area contributed by atoms with Crippen LogP contribution in [0.1, 0.15) is 29.8 Å². The minimum absolute atomic E-state index is 0. The lowest BCUT2D eigenvalue weighted by Gasteiger charge is -2.38. The summed E-state index contributed by atoms with van der Waals surface area (Å²) in [6.07, 6.45) is 5.12. The minimum atomic E-state index is -0.00649. The average molecular weight is 348 g/mol. The van der Waals surface area contributed by atoms with Gasteiger partial charge in [0.2, 0.25) is 0 Å². The van der Waals surface area contributed by atoms with E-state index in [1.807, 2.05) is 35.2 Å². The molecule has 2 fully saturated rings. The molecule has 4 rings (SSSR count). The van der Waals surface area contributed by atoms with Crippen molar-refractivity contribution in [3.63, 3.8) is 0 Å². The largest absolute Gasteiger partial charge is 0.337 e. The minimum Gasteiger partial charge on any atom is -0.337 e. The highest BCUT2D eigenvalue weighted by Gasteiger charge is 2.38. The van der Waals surface area contributed by atoms with Gasteiger partial charge < -0.3 is 10.2 Å². The summed E-state index contributed by atoms with van der Waals surface area (Å²) in [4.78, 5) is 14.6. The first-order valence-electron chi connectivity index (χ1n) is 8.24. The van der Waals surface area contributed by atoms with Gasteiger partial charge in [-0.3, -0.25) is 4.79 Å². The number of hydrogen-bond donors (Lipinski definition) is 1. The van der Waals surface area contributed by atoms with Crippen LogP contribution in [0.4, 0.5) is 0 Å². The zero-order valence-electron chi connectivity index (χ0n) is 13.5. The number of piperidine rings is 1. The Kier molecular flexibility index (Phi) is 4.87. The average Bonchev–Trinajstić information content (AvgIpc) is 3.26. The van der Waals surface area contributed by atoms with Crippen molar-refractivity contribution in [1.82, 2.24) is 25.2 Å². The van der Waals surface area contributed by atoms with Gasteiger partial charge in [-0.05, 0) is 43.4 Å². The maximum absolute atomic E-state index is 12.6. The van der Waals surface area contributed by atoms with E-state index >= 15 is 0 Å². The molecule has 24 heavy (non-hydrogen) atoms. The maximum atomic E-state index is 12.6. The molecular weight excluding hydrogens is 326 g/mol. The fourth-order valence-corrected chi connectivity index (χ4v) is 3.64. The molecule has 2 saturated heterocycles. The van der Waals surface area contributed by atoms with E-state index in [1.54, 1.807) is 10.9 Å². The predicted octanol–water partition coefficient (Wildman–Crippen LogP) is 1.90. The molecular formula is C17H22ClN5O. The zero-order chi connectivity index (χ0) is 15.7. The highest BCUT2D eigenvalue weighted by atomic mass is 35.5. The topological polar surface area (TPSA) is 63.1 Å². The second-order valence-corrected chi connectivity index (χ2v) is 6.60. The monoisotopic (exact) mass is 347 g/mol. The van der Waals surface area contributed by atoms with Gasteiger partial charge in [0.25, 0.3) is 5.91 Å². The Morgan fingerprint density at radius 1 is 1.12 bits per heavy atom. The van der Waals surface area contributed by atoms with E-state index in [2.05, 4.69) is 15.6 Å². The van der Waals surface area contributed by atoms with Crippen LogP contribution in [0.5, 0.6) is 0 Å². The molecule has 1 aromatic carbocycles. The van der Waals surface area contributed by atoms with Crippen molar-refractivity contribution in [2.45, 2.75) is 19.3 Å². The maximum Gasteiger partial charge on any atom is 0.276 e. The summed E-state index contributed by atoms with van der Waals surface area (Å²) in [5.41, 5.74) is 1.75. The quantitative estimate of drug-likeness (QED) is 0.901. The van der Waals surface area contributed by atoms with Crippen LogP contribution in [0, 0.1) is 5.41 Å². The fraction of sp³-hybridized carbons (Fsp3) is 0.471. The Labute approximate surface area is 147 Å². The molecule has 1 aromatic heterocycles. The lowest BCUT2D eigenvalue weighted by molar-refractivity contribution is 0.0602. The Morgan fingerprint density at radius 2 is 1.88 bits per heavy atom. The van der Waals surface area contributed by atoms with Crippen molar-refractivity contribution in [2.24, 2.45) is 5.41 Å². The van der Waals surface area contributed by atoms with E-state index in [9.17, 15) is 4.79 Å². The third kappa shape index (κ3) is 3.16. The summed E-state index contributed by atoms with van der Waals surface area (Å²) in [6, 6.07) is 9.73. The molecule has 1 N–H and O–H groups in total. The van der Waals surface area contributed by atoms with Gasteiger partial charge in [0.15, 0.2) is 5.69 Å².